The van der Waals surface area contributed by atoms with Crippen LogP contribution in [0.15, 0.2) is 46.9 Å². The van der Waals surface area contributed by atoms with Crippen LogP contribution in [0.4, 0.5) is 5.69 Å². The second kappa shape index (κ2) is 6.85. The Balaban J connectivity index is 2.08. The summed E-state index contributed by atoms with van der Waals surface area (Å²) in [6.07, 6.45) is 0. The SMILES string of the molecule is O=[N+]([O-])c1ccc(COc2cccc(CBr)c2)c(Br)c1. The van der Waals surface area contributed by atoms with Gasteiger partial charge in [0.2, 0.25) is 0 Å². The second-order valence-corrected chi connectivity index (χ2v) is 5.52. The largest absolute Gasteiger partial charge is 0.489 e. The van der Waals surface area contributed by atoms with Crippen molar-refractivity contribution >= 4 is 37.5 Å². The van der Waals surface area contributed by atoms with Gasteiger partial charge < -0.3 is 4.74 Å². The first-order valence-electron chi connectivity index (χ1n) is 5.80. The highest BCUT2D eigenvalue weighted by Crippen LogP contribution is 2.24. The summed E-state index contributed by atoms with van der Waals surface area (Å²) in [7, 11) is 0. The Morgan fingerprint density at radius 2 is 2.00 bits per heavy atom. The third kappa shape index (κ3) is 3.80. The van der Waals surface area contributed by atoms with Crippen molar-refractivity contribution < 1.29 is 9.66 Å². The summed E-state index contributed by atoms with van der Waals surface area (Å²) in [5, 5.41) is 11.4. The normalized spacial score (nSPS) is 10.3. The van der Waals surface area contributed by atoms with Crippen molar-refractivity contribution in [1.29, 1.82) is 0 Å². The van der Waals surface area contributed by atoms with Crippen molar-refractivity contribution in [3.05, 3.63) is 68.2 Å². The maximum absolute atomic E-state index is 10.7. The summed E-state index contributed by atoms with van der Waals surface area (Å²) in [6, 6.07) is 12.4. The van der Waals surface area contributed by atoms with Crippen molar-refractivity contribution in [2.75, 3.05) is 0 Å². The molecule has 0 spiro atoms. The number of benzene rings is 2. The van der Waals surface area contributed by atoms with E-state index >= 15 is 0 Å². The van der Waals surface area contributed by atoms with Gasteiger partial charge in [0.15, 0.2) is 0 Å². The molecule has 20 heavy (non-hydrogen) atoms. The third-order valence-electron chi connectivity index (χ3n) is 2.69. The molecule has 104 valence electrons. The summed E-state index contributed by atoms with van der Waals surface area (Å²) >= 11 is 6.72. The smallest absolute Gasteiger partial charge is 0.270 e. The molecule has 0 aromatic heterocycles. The minimum Gasteiger partial charge on any atom is -0.489 e. The molecule has 0 bridgehead atoms. The lowest BCUT2D eigenvalue weighted by Crippen LogP contribution is -1.98. The van der Waals surface area contributed by atoms with Gasteiger partial charge in [0.25, 0.3) is 5.69 Å². The molecule has 0 unspecified atom stereocenters. The lowest BCUT2D eigenvalue weighted by Gasteiger charge is -2.08. The molecular formula is C14H11Br2NO3. The fraction of sp³-hybridized carbons (Fsp3) is 0.143. The number of nitro groups is 1. The minimum atomic E-state index is -0.422. The van der Waals surface area contributed by atoms with Crippen LogP contribution < -0.4 is 4.74 Å². The van der Waals surface area contributed by atoms with E-state index in [1.165, 1.54) is 12.1 Å². The fourth-order valence-corrected chi connectivity index (χ4v) is 2.48. The molecule has 2 aromatic carbocycles. The minimum absolute atomic E-state index is 0.0573. The van der Waals surface area contributed by atoms with Gasteiger partial charge in [0, 0.05) is 27.5 Å². The van der Waals surface area contributed by atoms with Crippen LogP contribution in [0.2, 0.25) is 0 Å². The zero-order valence-electron chi connectivity index (χ0n) is 10.4. The highest BCUT2D eigenvalue weighted by Gasteiger charge is 2.09. The van der Waals surface area contributed by atoms with E-state index in [2.05, 4.69) is 31.9 Å². The monoisotopic (exact) mass is 399 g/mol. The zero-order valence-corrected chi connectivity index (χ0v) is 13.6. The van der Waals surface area contributed by atoms with Crippen molar-refractivity contribution in [1.82, 2.24) is 0 Å². The quantitative estimate of drug-likeness (QED) is 0.410. The number of halogens is 2. The van der Waals surface area contributed by atoms with Gasteiger partial charge in [-0.2, -0.15) is 0 Å². The molecule has 4 nitrogen and oxygen atoms in total. The first-order valence-corrected chi connectivity index (χ1v) is 7.72. The Morgan fingerprint density at radius 3 is 2.65 bits per heavy atom. The van der Waals surface area contributed by atoms with Crippen molar-refractivity contribution in [2.24, 2.45) is 0 Å². The molecule has 0 N–H and O–H groups in total. The van der Waals surface area contributed by atoms with Crippen LogP contribution in [-0.4, -0.2) is 4.92 Å². The van der Waals surface area contributed by atoms with Crippen molar-refractivity contribution in [2.45, 2.75) is 11.9 Å². The van der Waals surface area contributed by atoms with Gasteiger partial charge >= 0.3 is 0 Å². The standard InChI is InChI=1S/C14H11Br2NO3/c15-8-10-2-1-3-13(6-10)20-9-11-4-5-12(17(18)19)7-14(11)16/h1-7H,8-9H2. The zero-order chi connectivity index (χ0) is 14.5. The Bertz CT molecular complexity index is 632. The van der Waals surface area contributed by atoms with E-state index in [9.17, 15) is 10.1 Å². The Morgan fingerprint density at radius 1 is 1.20 bits per heavy atom. The van der Waals surface area contributed by atoms with Crippen LogP contribution in [-0.2, 0) is 11.9 Å². The van der Waals surface area contributed by atoms with Gasteiger partial charge in [-0.15, -0.1) is 0 Å². The van der Waals surface area contributed by atoms with Gasteiger partial charge in [-0.1, -0.05) is 44.0 Å². The van der Waals surface area contributed by atoms with Gasteiger partial charge in [0.1, 0.15) is 12.4 Å². The number of hydrogen-bond acceptors (Lipinski definition) is 3. The molecule has 0 saturated carbocycles. The summed E-state index contributed by atoms with van der Waals surface area (Å²) in [6.45, 7) is 0.352. The lowest BCUT2D eigenvalue weighted by molar-refractivity contribution is -0.384. The number of non-ortho nitro benzene ring substituents is 1. The van der Waals surface area contributed by atoms with E-state index in [0.717, 1.165) is 22.2 Å². The Kier molecular flexibility index (Phi) is 5.14. The van der Waals surface area contributed by atoms with Gasteiger partial charge in [-0.3, -0.25) is 10.1 Å². The summed E-state index contributed by atoms with van der Waals surface area (Å²) < 4.78 is 6.36. The van der Waals surface area contributed by atoms with E-state index in [4.69, 9.17) is 4.74 Å². The molecule has 2 aromatic rings. The van der Waals surface area contributed by atoms with E-state index < -0.39 is 4.92 Å². The number of ether oxygens (including phenoxy) is 1. The molecule has 0 saturated heterocycles. The predicted molar refractivity (Wildman–Crippen MR) is 84.2 cm³/mol. The van der Waals surface area contributed by atoms with Crippen molar-refractivity contribution in [3.63, 3.8) is 0 Å². The van der Waals surface area contributed by atoms with Gasteiger partial charge in [0.05, 0.1) is 4.92 Å². The first kappa shape index (κ1) is 15.0. The molecule has 6 heteroatoms. The number of rotatable bonds is 5. The number of hydrogen-bond donors (Lipinski definition) is 0. The third-order valence-corrected chi connectivity index (χ3v) is 4.08. The average Bonchev–Trinajstić information content (AvgIpc) is 2.46. The summed E-state index contributed by atoms with van der Waals surface area (Å²) in [5.41, 5.74) is 2.05. The topological polar surface area (TPSA) is 52.4 Å². The van der Waals surface area contributed by atoms with E-state index in [0.29, 0.717) is 11.1 Å². The van der Waals surface area contributed by atoms with Crippen LogP contribution >= 0.6 is 31.9 Å². The highest BCUT2D eigenvalue weighted by molar-refractivity contribution is 9.10. The Hall–Kier alpha value is -1.40. The van der Waals surface area contributed by atoms with Crippen molar-refractivity contribution in [3.8, 4) is 5.75 Å². The van der Waals surface area contributed by atoms with Gasteiger partial charge in [-0.25, -0.2) is 0 Å². The van der Waals surface area contributed by atoms with E-state index in [-0.39, 0.29) is 5.69 Å². The van der Waals surface area contributed by atoms with Gasteiger partial charge in [-0.05, 0) is 23.8 Å². The molecule has 0 heterocycles. The summed E-state index contributed by atoms with van der Waals surface area (Å²) in [4.78, 5) is 10.2. The molecule has 2 rings (SSSR count). The Labute approximate surface area is 133 Å². The average molecular weight is 401 g/mol. The highest BCUT2D eigenvalue weighted by atomic mass is 79.9. The maximum atomic E-state index is 10.7. The van der Waals surface area contributed by atoms with Crippen LogP contribution in [0, 0.1) is 10.1 Å². The van der Waals surface area contributed by atoms with Crippen LogP contribution in [0.5, 0.6) is 5.75 Å². The molecule has 0 aliphatic carbocycles. The molecule has 0 aliphatic heterocycles. The van der Waals surface area contributed by atoms with E-state index in [1.807, 2.05) is 24.3 Å². The predicted octanol–water partition coefficient (Wildman–Crippen LogP) is 4.83. The number of nitrogens with zero attached hydrogens (tertiary/aromatic N) is 1. The molecule has 0 fully saturated rings. The molecular weight excluding hydrogens is 390 g/mol. The van der Waals surface area contributed by atoms with Crippen LogP contribution in [0.1, 0.15) is 11.1 Å². The first-order chi connectivity index (χ1) is 9.60. The number of nitro benzene ring substituents is 1. The molecule has 0 aliphatic rings. The fourth-order valence-electron chi connectivity index (χ4n) is 1.65. The summed E-state index contributed by atoms with van der Waals surface area (Å²) in [5.74, 6) is 0.771. The molecule has 0 atom stereocenters. The maximum Gasteiger partial charge on any atom is 0.270 e. The second-order valence-electron chi connectivity index (χ2n) is 4.10. The molecule has 0 amide bonds. The van der Waals surface area contributed by atoms with Crippen LogP contribution in [0.25, 0.3) is 0 Å². The van der Waals surface area contributed by atoms with E-state index in [1.54, 1.807) is 6.07 Å². The number of alkyl halides is 1. The molecule has 0 radical (unpaired) electrons. The van der Waals surface area contributed by atoms with Crippen LogP contribution in [0.3, 0.4) is 0 Å². The lowest BCUT2D eigenvalue weighted by atomic mass is 10.2.